The second-order valence-corrected chi connectivity index (χ2v) is 5.85. The molecule has 1 unspecified atom stereocenters. The van der Waals surface area contributed by atoms with Crippen LogP contribution < -0.4 is 4.48 Å². The predicted octanol–water partition coefficient (Wildman–Crippen LogP) is 3.72. The molecule has 7 heteroatoms. The second kappa shape index (κ2) is 6.34. The number of carbonyl (C=O) groups is 1. The maximum Gasteiger partial charge on any atom is 0.431 e. The van der Waals surface area contributed by atoms with Gasteiger partial charge >= 0.3 is 6.18 Å². The number of quaternary nitrogens is 1. The van der Waals surface area contributed by atoms with Crippen LogP contribution in [-0.4, -0.2) is 17.9 Å². The van der Waals surface area contributed by atoms with Gasteiger partial charge < -0.3 is 4.98 Å². The normalized spacial score (nSPS) is 19.9. The first-order chi connectivity index (χ1) is 10.7. The van der Waals surface area contributed by atoms with Crippen LogP contribution in [0.2, 0.25) is 0 Å². The molecule has 0 aliphatic carbocycles. The van der Waals surface area contributed by atoms with Gasteiger partial charge in [-0.2, -0.15) is 13.2 Å². The van der Waals surface area contributed by atoms with Gasteiger partial charge in [-0.1, -0.05) is 49.0 Å². The number of pyridine rings is 1. The molecule has 0 fully saturated rings. The minimum Gasteiger partial charge on any atom is -0.317 e. The minimum atomic E-state index is -4.54. The standard InChI is InChI=1S/C17H15F3N2O.W/c1-11-13-9-21-15(17(18,19)20)8-14(13)22(2,16(11)23)10-12-6-4-3-5-7-12;/h3-9H,10H2,1-2H3;. The van der Waals surface area contributed by atoms with Crippen molar-refractivity contribution >= 4 is 11.6 Å². The smallest absolute Gasteiger partial charge is 0.317 e. The van der Waals surface area contributed by atoms with E-state index in [2.05, 4.69) is 4.98 Å². The number of hydrogen-bond donors (Lipinski definition) is 0. The van der Waals surface area contributed by atoms with Gasteiger partial charge in [0.15, 0.2) is 0 Å². The van der Waals surface area contributed by atoms with Crippen molar-refractivity contribution in [3.8, 4) is 0 Å². The first-order valence-electron chi connectivity index (χ1n) is 7.09. The Morgan fingerprint density at radius 3 is 2.42 bits per heavy atom. The largest absolute Gasteiger partial charge is 0.431 e. The Morgan fingerprint density at radius 1 is 1.21 bits per heavy atom. The number of benzene rings is 1. The second-order valence-electron chi connectivity index (χ2n) is 5.85. The third-order valence-electron chi connectivity index (χ3n) is 4.22. The van der Waals surface area contributed by atoms with E-state index in [1.165, 1.54) is 0 Å². The van der Waals surface area contributed by atoms with Crippen LogP contribution in [0.3, 0.4) is 0 Å². The first-order valence-corrected chi connectivity index (χ1v) is 7.09. The molecular formula is C17H15F3N2OW. The van der Waals surface area contributed by atoms with E-state index in [1.54, 1.807) is 14.0 Å². The average Bonchev–Trinajstić information content (AvgIpc) is 2.69. The first kappa shape index (κ1) is 18.7. The third kappa shape index (κ3) is 3.01. The molecule has 0 N–H and O–H groups in total. The topological polar surface area (TPSA) is 30.0 Å². The molecule has 1 aromatic carbocycles. The molecule has 24 heavy (non-hydrogen) atoms. The summed E-state index contributed by atoms with van der Waals surface area (Å²) in [5.41, 5.74) is 0.741. The maximum absolute atomic E-state index is 13.0. The quantitative estimate of drug-likeness (QED) is 0.462. The molecule has 2 aromatic rings. The number of fused-ring (bicyclic) bond motifs is 1. The molecule has 0 spiro atoms. The van der Waals surface area contributed by atoms with Gasteiger partial charge in [-0.05, 0) is 12.0 Å². The number of hydrogen-bond acceptors (Lipinski definition) is 2. The summed E-state index contributed by atoms with van der Waals surface area (Å²) in [5.74, 6) is 0.240. The Kier molecular flexibility index (Phi) is 4.93. The Hall–Kier alpha value is -1.65. The summed E-state index contributed by atoms with van der Waals surface area (Å²) < 4.78 is 38.7. The van der Waals surface area contributed by atoms with Crippen LogP contribution in [0.1, 0.15) is 23.7 Å². The van der Waals surface area contributed by atoms with Crippen LogP contribution in [0.4, 0.5) is 18.9 Å². The molecule has 126 valence electrons. The van der Waals surface area contributed by atoms with E-state index in [0.29, 0.717) is 23.7 Å². The van der Waals surface area contributed by atoms with Gasteiger partial charge in [0.1, 0.15) is 12.2 Å². The van der Waals surface area contributed by atoms with E-state index in [1.807, 2.05) is 30.3 Å². The Morgan fingerprint density at radius 2 is 1.83 bits per heavy atom. The minimum absolute atomic E-state index is 0. The average molecular weight is 504 g/mol. The van der Waals surface area contributed by atoms with Gasteiger partial charge in [-0.25, -0.2) is 4.79 Å². The molecule has 1 aliphatic rings. The number of likely N-dealkylation sites (N-methyl/N-ethyl adjacent to an activating group) is 1. The van der Waals surface area contributed by atoms with Crippen LogP contribution in [0.15, 0.2) is 42.6 Å². The summed E-state index contributed by atoms with van der Waals surface area (Å²) in [6, 6.07) is 10.2. The van der Waals surface area contributed by atoms with Crippen molar-refractivity contribution in [3.63, 3.8) is 0 Å². The van der Waals surface area contributed by atoms with E-state index >= 15 is 0 Å². The van der Waals surface area contributed by atoms with Crippen LogP contribution in [0.25, 0.3) is 0 Å². The van der Waals surface area contributed by atoms with E-state index in [4.69, 9.17) is 0 Å². The molecule has 0 bridgehead atoms. The van der Waals surface area contributed by atoms with Crippen molar-refractivity contribution in [1.82, 2.24) is 9.47 Å². The Balaban J connectivity index is 0.00000208. The predicted molar refractivity (Wildman–Crippen MR) is 80.1 cm³/mol. The van der Waals surface area contributed by atoms with E-state index in [9.17, 15) is 18.0 Å². The van der Waals surface area contributed by atoms with Gasteiger partial charge in [-0.3, -0.25) is 4.48 Å². The number of halogens is 3. The summed E-state index contributed by atoms with van der Waals surface area (Å²) in [6.45, 7) is 1.93. The van der Waals surface area contributed by atoms with E-state index < -0.39 is 11.9 Å². The number of alkyl halides is 3. The molecule has 2 heterocycles. The Labute approximate surface area is 152 Å². The number of carbonyl (C=O) groups excluding carboxylic acids is 1. The van der Waals surface area contributed by atoms with Gasteiger partial charge in [0.05, 0.1) is 7.05 Å². The molecule has 1 atom stereocenters. The molecule has 1 aromatic heterocycles. The molecular weight excluding hydrogens is 489 g/mol. The fourth-order valence-corrected chi connectivity index (χ4v) is 3.00. The Bertz CT molecular complexity index is 764. The number of amides is 1. The summed E-state index contributed by atoms with van der Waals surface area (Å²) >= 11 is 0. The SMILES string of the molecule is C[C-]1C(=O)[N+](C)(Cc2ccccc2)c2cc(C(F)(F)F)ncc21.[W]. The molecule has 3 nitrogen and oxygen atoms in total. The number of nitrogens with zero attached hydrogens (tertiary/aromatic N) is 2. The summed E-state index contributed by atoms with van der Waals surface area (Å²) in [4.78, 5) is 16.1. The zero-order valence-corrected chi connectivity index (χ0v) is 16.0. The summed E-state index contributed by atoms with van der Waals surface area (Å²) in [7, 11) is 1.64. The van der Waals surface area contributed by atoms with Crippen LogP contribution in [0.5, 0.6) is 0 Å². The monoisotopic (exact) mass is 504 g/mol. The molecule has 3 rings (SSSR count). The molecule has 0 radical (unpaired) electrons. The number of aromatic nitrogens is 1. The zero-order chi connectivity index (χ0) is 16.8. The summed E-state index contributed by atoms with van der Waals surface area (Å²) in [6.07, 6.45) is -3.38. The van der Waals surface area contributed by atoms with Crippen molar-refractivity contribution in [2.45, 2.75) is 19.6 Å². The van der Waals surface area contributed by atoms with Crippen LogP contribution in [0, 0.1) is 5.92 Å². The van der Waals surface area contributed by atoms with E-state index in [-0.39, 0.29) is 31.5 Å². The van der Waals surface area contributed by atoms with Gasteiger partial charge in [0.25, 0.3) is 5.91 Å². The fraction of sp³-hybridized carbons (Fsp3) is 0.235. The van der Waals surface area contributed by atoms with Crippen molar-refractivity contribution < 1.29 is 39.0 Å². The van der Waals surface area contributed by atoms with Gasteiger partial charge in [0, 0.05) is 32.3 Å². The fourth-order valence-electron chi connectivity index (χ4n) is 3.00. The molecule has 1 aliphatic heterocycles. The third-order valence-corrected chi connectivity index (χ3v) is 4.22. The summed E-state index contributed by atoms with van der Waals surface area (Å²) in [5, 5.41) is 0. The van der Waals surface area contributed by atoms with E-state index in [0.717, 1.165) is 17.8 Å². The van der Waals surface area contributed by atoms with Crippen molar-refractivity contribution in [3.05, 3.63) is 65.3 Å². The van der Waals surface area contributed by atoms with Crippen molar-refractivity contribution in [2.75, 3.05) is 7.05 Å². The molecule has 0 saturated carbocycles. The van der Waals surface area contributed by atoms with Crippen molar-refractivity contribution in [1.29, 1.82) is 0 Å². The van der Waals surface area contributed by atoms with Gasteiger partial charge in [-0.15, -0.1) is 0 Å². The number of rotatable bonds is 2. The molecule has 1 amide bonds. The van der Waals surface area contributed by atoms with Crippen LogP contribution >= 0.6 is 0 Å². The molecule has 0 saturated heterocycles. The maximum atomic E-state index is 13.0. The van der Waals surface area contributed by atoms with Crippen LogP contribution in [-0.2, 0) is 38.6 Å². The van der Waals surface area contributed by atoms with Gasteiger partial charge in [0.2, 0.25) is 0 Å². The zero-order valence-electron chi connectivity index (χ0n) is 13.1. The van der Waals surface area contributed by atoms with Crippen molar-refractivity contribution in [2.24, 2.45) is 0 Å².